The quantitative estimate of drug-likeness (QED) is 0.681. The Bertz CT molecular complexity index is 854. The van der Waals surface area contributed by atoms with Gasteiger partial charge >= 0.3 is 0 Å². The van der Waals surface area contributed by atoms with Gasteiger partial charge in [0.15, 0.2) is 0 Å². The summed E-state index contributed by atoms with van der Waals surface area (Å²) in [6.07, 6.45) is 0.653. The monoisotopic (exact) mass is 440 g/mol. The maximum Gasteiger partial charge on any atom is 0.242 e. The van der Waals surface area contributed by atoms with Crippen LogP contribution in [0.1, 0.15) is 12.8 Å². The van der Waals surface area contributed by atoms with E-state index in [1.54, 1.807) is 24.3 Å². The molecule has 1 amide bonds. The van der Waals surface area contributed by atoms with Gasteiger partial charge in [-0.05, 0) is 48.9 Å². The summed E-state index contributed by atoms with van der Waals surface area (Å²) >= 11 is 3.34. The number of methoxy groups -OCH3 is 1. The fraction of sp³-hybridized carbons (Fsp3) is 0.278. The van der Waals surface area contributed by atoms with Crippen molar-refractivity contribution in [3.63, 3.8) is 0 Å². The van der Waals surface area contributed by atoms with Crippen molar-refractivity contribution in [2.75, 3.05) is 26.0 Å². The van der Waals surface area contributed by atoms with Crippen LogP contribution in [0.4, 0.5) is 5.69 Å². The normalized spacial score (nSPS) is 11.4. The topological polar surface area (TPSA) is 75.7 Å². The van der Waals surface area contributed by atoms with Gasteiger partial charge in [-0.15, -0.1) is 0 Å². The molecule has 0 saturated heterocycles. The minimum Gasteiger partial charge on any atom is -0.497 e. The molecule has 0 radical (unpaired) electrons. The first-order chi connectivity index (χ1) is 12.3. The Morgan fingerprint density at radius 3 is 2.50 bits per heavy atom. The molecule has 0 aliphatic heterocycles. The number of carbonyl (C=O) groups excluding carboxylic acids is 1. The summed E-state index contributed by atoms with van der Waals surface area (Å²) in [7, 11) is -0.558. The number of carbonyl (C=O) groups is 1. The van der Waals surface area contributed by atoms with E-state index >= 15 is 0 Å². The molecular weight excluding hydrogens is 420 g/mol. The van der Waals surface area contributed by atoms with Crippen molar-refractivity contribution in [3.05, 3.63) is 53.0 Å². The second-order valence-electron chi connectivity index (χ2n) is 5.66. The van der Waals surface area contributed by atoms with E-state index in [0.717, 1.165) is 4.47 Å². The van der Waals surface area contributed by atoms with E-state index in [1.165, 1.54) is 30.6 Å². The largest absolute Gasteiger partial charge is 0.497 e. The fourth-order valence-electron chi connectivity index (χ4n) is 2.30. The summed E-state index contributed by atoms with van der Waals surface area (Å²) in [5.41, 5.74) is 0.698. The third kappa shape index (κ3) is 5.55. The van der Waals surface area contributed by atoms with Crippen molar-refractivity contribution in [3.8, 4) is 5.75 Å². The zero-order chi connectivity index (χ0) is 19.2. The van der Waals surface area contributed by atoms with Gasteiger partial charge in [-0.1, -0.05) is 22.0 Å². The lowest BCUT2D eigenvalue weighted by Crippen LogP contribution is -2.28. The van der Waals surface area contributed by atoms with Gasteiger partial charge in [0.2, 0.25) is 15.9 Å². The summed E-state index contributed by atoms with van der Waals surface area (Å²) in [5.74, 6) is 0.439. The Hall–Kier alpha value is -1.90. The van der Waals surface area contributed by atoms with Crippen LogP contribution in [-0.2, 0) is 14.8 Å². The maximum absolute atomic E-state index is 12.5. The van der Waals surface area contributed by atoms with Crippen LogP contribution in [-0.4, -0.2) is 39.3 Å². The average Bonchev–Trinajstić information content (AvgIpc) is 2.61. The van der Waals surface area contributed by atoms with Crippen LogP contribution in [0, 0.1) is 0 Å². The third-order valence-corrected chi connectivity index (χ3v) is 6.12. The molecule has 0 aliphatic carbocycles. The molecule has 8 heteroatoms. The van der Waals surface area contributed by atoms with E-state index in [9.17, 15) is 13.2 Å². The molecule has 0 heterocycles. The number of halogens is 1. The van der Waals surface area contributed by atoms with Crippen molar-refractivity contribution in [1.82, 2.24) is 4.31 Å². The molecule has 0 saturated carbocycles. The van der Waals surface area contributed by atoms with E-state index in [4.69, 9.17) is 4.74 Å². The Balaban J connectivity index is 1.86. The lowest BCUT2D eigenvalue weighted by atomic mass is 10.2. The third-order valence-electron chi connectivity index (χ3n) is 3.75. The molecular formula is C18H21BrN2O4S. The summed E-state index contributed by atoms with van der Waals surface area (Å²) < 4.78 is 32.2. The number of hydrogen-bond acceptors (Lipinski definition) is 4. The SMILES string of the molecule is COc1ccc(S(=O)(=O)N(C)CCCC(=O)Nc2cccc(Br)c2)cc1. The number of anilines is 1. The summed E-state index contributed by atoms with van der Waals surface area (Å²) in [6.45, 7) is 0.250. The number of nitrogens with zero attached hydrogens (tertiary/aromatic N) is 1. The van der Waals surface area contributed by atoms with Crippen LogP contribution in [0.25, 0.3) is 0 Å². The van der Waals surface area contributed by atoms with Crippen molar-refractivity contribution in [1.29, 1.82) is 0 Å². The van der Waals surface area contributed by atoms with Crippen LogP contribution in [0.2, 0.25) is 0 Å². The van der Waals surface area contributed by atoms with E-state index in [-0.39, 0.29) is 23.8 Å². The Morgan fingerprint density at radius 2 is 1.88 bits per heavy atom. The lowest BCUT2D eigenvalue weighted by Gasteiger charge is -2.17. The maximum atomic E-state index is 12.5. The molecule has 2 rings (SSSR count). The molecule has 0 aromatic heterocycles. The minimum absolute atomic E-state index is 0.154. The molecule has 140 valence electrons. The van der Waals surface area contributed by atoms with E-state index < -0.39 is 10.0 Å². The van der Waals surface area contributed by atoms with Gasteiger partial charge < -0.3 is 10.1 Å². The van der Waals surface area contributed by atoms with Gasteiger partial charge in [0.25, 0.3) is 0 Å². The van der Waals surface area contributed by atoms with Crippen molar-refractivity contribution in [2.45, 2.75) is 17.7 Å². The number of ether oxygens (including phenoxy) is 1. The second-order valence-corrected chi connectivity index (χ2v) is 8.62. The molecule has 26 heavy (non-hydrogen) atoms. The van der Waals surface area contributed by atoms with Gasteiger partial charge in [0, 0.05) is 30.2 Å². The molecule has 2 aromatic rings. The van der Waals surface area contributed by atoms with Crippen LogP contribution < -0.4 is 10.1 Å². The van der Waals surface area contributed by atoms with E-state index in [0.29, 0.717) is 17.9 Å². The smallest absolute Gasteiger partial charge is 0.242 e. The molecule has 0 atom stereocenters. The predicted molar refractivity (Wildman–Crippen MR) is 105 cm³/mol. The fourth-order valence-corrected chi connectivity index (χ4v) is 3.91. The highest BCUT2D eigenvalue weighted by atomic mass is 79.9. The molecule has 0 unspecified atom stereocenters. The van der Waals surface area contributed by atoms with Crippen molar-refractivity contribution >= 4 is 37.5 Å². The Labute approximate surface area is 162 Å². The summed E-state index contributed by atoms with van der Waals surface area (Å²) in [5, 5.41) is 2.79. The Morgan fingerprint density at radius 1 is 1.19 bits per heavy atom. The standard InChI is InChI=1S/C18H21BrN2O4S/c1-21(26(23,24)17-10-8-16(25-2)9-11-17)12-4-7-18(22)20-15-6-3-5-14(19)13-15/h3,5-6,8-11,13H,4,7,12H2,1-2H3,(H,20,22). The van der Waals surface area contributed by atoms with Crippen LogP contribution in [0.3, 0.4) is 0 Å². The first-order valence-corrected chi connectivity index (χ1v) is 10.2. The number of sulfonamides is 1. The van der Waals surface area contributed by atoms with Crippen LogP contribution in [0.5, 0.6) is 5.75 Å². The predicted octanol–water partition coefficient (Wildman–Crippen LogP) is 3.50. The number of nitrogens with one attached hydrogen (secondary N) is 1. The first kappa shape index (κ1) is 20.4. The summed E-state index contributed by atoms with van der Waals surface area (Å²) in [6, 6.07) is 13.5. The Kier molecular flexibility index (Phi) is 7.19. The highest BCUT2D eigenvalue weighted by Crippen LogP contribution is 2.19. The molecule has 1 N–H and O–H groups in total. The second kappa shape index (κ2) is 9.16. The molecule has 6 nitrogen and oxygen atoms in total. The molecule has 0 bridgehead atoms. The highest BCUT2D eigenvalue weighted by molar-refractivity contribution is 9.10. The average molecular weight is 441 g/mol. The van der Waals surface area contributed by atoms with Crippen molar-refractivity contribution in [2.24, 2.45) is 0 Å². The van der Waals surface area contributed by atoms with Gasteiger partial charge in [-0.25, -0.2) is 12.7 Å². The van der Waals surface area contributed by atoms with Gasteiger partial charge in [0.05, 0.1) is 12.0 Å². The zero-order valence-corrected chi connectivity index (χ0v) is 17.0. The summed E-state index contributed by atoms with van der Waals surface area (Å²) in [4.78, 5) is 12.2. The first-order valence-electron chi connectivity index (χ1n) is 7.99. The van der Waals surface area contributed by atoms with Gasteiger partial charge in [-0.3, -0.25) is 4.79 Å². The number of rotatable bonds is 8. The van der Waals surface area contributed by atoms with E-state index in [2.05, 4.69) is 21.2 Å². The number of hydrogen-bond donors (Lipinski definition) is 1. The van der Waals surface area contributed by atoms with Gasteiger partial charge in [-0.2, -0.15) is 0 Å². The van der Waals surface area contributed by atoms with E-state index in [1.807, 2.05) is 12.1 Å². The number of benzene rings is 2. The van der Waals surface area contributed by atoms with Crippen LogP contribution in [0.15, 0.2) is 57.9 Å². The molecule has 0 aliphatic rings. The molecule has 2 aromatic carbocycles. The van der Waals surface area contributed by atoms with Gasteiger partial charge in [0.1, 0.15) is 5.75 Å². The lowest BCUT2D eigenvalue weighted by molar-refractivity contribution is -0.116. The van der Waals surface area contributed by atoms with Crippen molar-refractivity contribution < 1.29 is 17.9 Å². The molecule has 0 spiro atoms. The highest BCUT2D eigenvalue weighted by Gasteiger charge is 2.20. The zero-order valence-electron chi connectivity index (χ0n) is 14.6. The molecule has 0 fully saturated rings. The minimum atomic E-state index is -3.59. The number of amides is 1. The van der Waals surface area contributed by atoms with Crippen LogP contribution >= 0.6 is 15.9 Å².